The van der Waals surface area contributed by atoms with Crippen molar-refractivity contribution in [2.75, 3.05) is 14.2 Å². The molecule has 0 aromatic heterocycles. The van der Waals surface area contributed by atoms with Crippen molar-refractivity contribution < 1.29 is 14.2 Å². The number of rotatable bonds is 6. The zero-order valence-electron chi connectivity index (χ0n) is 12.5. The molecule has 2 aromatic carbocycles. The third kappa shape index (κ3) is 3.70. The van der Waals surface area contributed by atoms with E-state index >= 15 is 0 Å². The summed E-state index contributed by atoms with van der Waals surface area (Å²) in [6.45, 7) is 2.55. The molecule has 0 unspecified atom stereocenters. The molecular formula is C17H19BrO3. The van der Waals surface area contributed by atoms with E-state index in [2.05, 4.69) is 35.0 Å². The third-order valence-electron chi connectivity index (χ3n) is 3.31. The molecule has 0 fully saturated rings. The number of aryl methyl sites for hydroxylation is 1. The van der Waals surface area contributed by atoms with Gasteiger partial charge >= 0.3 is 0 Å². The summed E-state index contributed by atoms with van der Waals surface area (Å²) >= 11 is 3.44. The lowest BCUT2D eigenvalue weighted by Crippen LogP contribution is -2.02. The van der Waals surface area contributed by atoms with Gasteiger partial charge in [0.05, 0.1) is 14.2 Å². The average Bonchev–Trinajstić information content (AvgIpc) is 2.53. The molecule has 0 heterocycles. The molecule has 0 atom stereocenters. The highest BCUT2D eigenvalue weighted by Crippen LogP contribution is 2.39. The first kappa shape index (κ1) is 15.7. The van der Waals surface area contributed by atoms with Gasteiger partial charge in [-0.2, -0.15) is 0 Å². The molecule has 3 nitrogen and oxygen atoms in total. The van der Waals surface area contributed by atoms with Crippen molar-refractivity contribution in [3.8, 4) is 17.2 Å². The Bertz CT molecular complexity index is 586. The molecular weight excluding hydrogens is 332 g/mol. The minimum Gasteiger partial charge on any atom is -0.493 e. The second kappa shape index (κ2) is 7.36. The van der Waals surface area contributed by atoms with Gasteiger partial charge in [-0.15, -0.1) is 0 Å². The highest BCUT2D eigenvalue weighted by Gasteiger charge is 2.14. The van der Waals surface area contributed by atoms with Crippen LogP contribution in [-0.2, 0) is 11.9 Å². The molecule has 0 bridgehead atoms. The van der Waals surface area contributed by atoms with Gasteiger partial charge in [0.1, 0.15) is 6.61 Å². The normalized spacial score (nSPS) is 10.3. The third-order valence-corrected chi connectivity index (χ3v) is 3.96. The quantitative estimate of drug-likeness (QED) is 0.718. The topological polar surface area (TPSA) is 27.7 Å². The SMILES string of the molecule is COc1cc(CBr)cc(OC)c1OCc1ccccc1C. The lowest BCUT2D eigenvalue weighted by atomic mass is 10.1. The van der Waals surface area contributed by atoms with Crippen LogP contribution in [0.3, 0.4) is 0 Å². The smallest absolute Gasteiger partial charge is 0.203 e. The van der Waals surface area contributed by atoms with Crippen LogP contribution in [0.4, 0.5) is 0 Å². The Balaban J connectivity index is 2.28. The monoisotopic (exact) mass is 350 g/mol. The fourth-order valence-electron chi connectivity index (χ4n) is 2.08. The summed E-state index contributed by atoms with van der Waals surface area (Å²) < 4.78 is 16.8. The highest BCUT2D eigenvalue weighted by molar-refractivity contribution is 9.08. The molecule has 4 heteroatoms. The second-order valence-electron chi connectivity index (χ2n) is 4.68. The first-order valence-electron chi connectivity index (χ1n) is 6.67. The number of benzene rings is 2. The number of halogens is 1. The van der Waals surface area contributed by atoms with Crippen LogP contribution < -0.4 is 14.2 Å². The number of hydrogen-bond donors (Lipinski definition) is 0. The van der Waals surface area contributed by atoms with Crippen LogP contribution >= 0.6 is 15.9 Å². The molecule has 21 heavy (non-hydrogen) atoms. The van der Waals surface area contributed by atoms with Crippen LogP contribution in [0.1, 0.15) is 16.7 Å². The Hall–Kier alpha value is -1.68. The van der Waals surface area contributed by atoms with E-state index in [1.165, 1.54) is 5.56 Å². The lowest BCUT2D eigenvalue weighted by Gasteiger charge is -2.16. The molecule has 0 saturated heterocycles. The predicted molar refractivity (Wildman–Crippen MR) is 87.7 cm³/mol. The van der Waals surface area contributed by atoms with Crippen molar-refractivity contribution in [1.29, 1.82) is 0 Å². The lowest BCUT2D eigenvalue weighted by molar-refractivity contribution is 0.265. The van der Waals surface area contributed by atoms with Crippen LogP contribution in [0.15, 0.2) is 36.4 Å². The summed E-state index contributed by atoms with van der Waals surface area (Å²) in [6.07, 6.45) is 0. The zero-order valence-corrected chi connectivity index (χ0v) is 14.1. The Morgan fingerprint density at radius 2 is 1.62 bits per heavy atom. The van der Waals surface area contributed by atoms with Gasteiger partial charge in [0.25, 0.3) is 0 Å². The Morgan fingerprint density at radius 1 is 1.00 bits per heavy atom. The van der Waals surface area contributed by atoms with Crippen LogP contribution in [0, 0.1) is 6.92 Å². The van der Waals surface area contributed by atoms with Crippen molar-refractivity contribution >= 4 is 15.9 Å². The summed E-state index contributed by atoms with van der Waals surface area (Å²) in [5.41, 5.74) is 3.42. The maximum atomic E-state index is 5.95. The molecule has 0 aliphatic heterocycles. The molecule has 0 aliphatic rings. The van der Waals surface area contributed by atoms with E-state index in [4.69, 9.17) is 14.2 Å². The molecule has 0 aliphatic carbocycles. The van der Waals surface area contributed by atoms with Crippen molar-refractivity contribution in [1.82, 2.24) is 0 Å². The molecule has 112 valence electrons. The summed E-state index contributed by atoms with van der Waals surface area (Å²) in [7, 11) is 3.26. The molecule has 0 radical (unpaired) electrons. The molecule has 0 amide bonds. The van der Waals surface area contributed by atoms with E-state index in [1.54, 1.807) is 14.2 Å². The zero-order chi connectivity index (χ0) is 15.2. The van der Waals surface area contributed by atoms with Gasteiger partial charge in [-0.3, -0.25) is 0 Å². The summed E-state index contributed by atoms with van der Waals surface area (Å²) in [5.74, 6) is 1.99. The van der Waals surface area contributed by atoms with Gasteiger partial charge in [-0.05, 0) is 35.7 Å². The number of hydrogen-bond acceptors (Lipinski definition) is 3. The van der Waals surface area contributed by atoms with Gasteiger partial charge < -0.3 is 14.2 Å². The first-order valence-corrected chi connectivity index (χ1v) is 7.80. The maximum absolute atomic E-state index is 5.95. The summed E-state index contributed by atoms with van der Waals surface area (Å²) in [5, 5.41) is 0.734. The predicted octanol–water partition coefficient (Wildman–Crippen LogP) is 4.49. The molecule has 0 spiro atoms. The van der Waals surface area contributed by atoms with Gasteiger partial charge in [-0.25, -0.2) is 0 Å². The standard InChI is InChI=1S/C17H19BrO3/c1-12-6-4-5-7-14(12)11-21-17-15(19-2)8-13(10-18)9-16(17)20-3/h4-9H,10-11H2,1-3H3. The summed E-state index contributed by atoms with van der Waals surface area (Å²) in [4.78, 5) is 0. The van der Waals surface area contributed by atoms with E-state index in [9.17, 15) is 0 Å². The van der Waals surface area contributed by atoms with Gasteiger partial charge in [-0.1, -0.05) is 40.2 Å². The van der Waals surface area contributed by atoms with E-state index in [0.717, 1.165) is 16.5 Å². The van der Waals surface area contributed by atoms with E-state index < -0.39 is 0 Å². The fraction of sp³-hybridized carbons (Fsp3) is 0.294. The van der Waals surface area contributed by atoms with E-state index in [1.807, 2.05) is 24.3 Å². The minimum absolute atomic E-state index is 0.479. The first-order chi connectivity index (χ1) is 10.2. The number of alkyl halides is 1. The molecule has 0 N–H and O–H groups in total. The van der Waals surface area contributed by atoms with Crippen molar-refractivity contribution in [3.05, 3.63) is 53.1 Å². The molecule has 2 aromatic rings. The van der Waals surface area contributed by atoms with Crippen LogP contribution in [0.2, 0.25) is 0 Å². The Morgan fingerprint density at radius 3 is 2.14 bits per heavy atom. The minimum atomic E-state index is 0.479. The average molecular weight is 351 g/mol. The van der Waals surface area contributed by atoms with Crippen LogP contribution in [-0.4, -0.2) is 14.2 Å². The summed E-state index contributed by atoms with van der Waals surface area (Å²) in [6, 6.07) is 12.1. The second-order valence-corrected chi connectivity index (χ2v) is 5.24. The van der Waals surface area contributed by atoms with Crippen molar-refractivity contribution in [2.45, 2.75) is 18.9 Å². The Kier molecular flexibility index (Phi) is 5.51. The maximum Gasteiger partial charge on any atom is 0.203 e. The van der Waals surface area contributed by atoms with E-state index in [0.29, 0.717) is 23.9 Å². The van der Waals surface area contributed by atoms with Gasteiger partial charge in [0.15, 0.2) is 11.5 Å². The largest absolute Gasteiger partial charge is 0.493 e. The van der Waals surface area contributed by atoms with Gasteiger partial charge in [0, 0.05) is 5.33 Å². The molecule has 0 saturated carbocycles. The van der Waals surface area contributed by atoms with E-state index in [-0.39, 0.29) is 0 Å². The Labute approximate surface area is 134 Å². The number of methoxy groups -OCH3 is 2. The van der Waals surface area contributed by atoms with Crippen molar-refractivity contribution in [2.24, 2.45) is 0 Å². The van der Waals surface area contributed by atoms with Crippen LogP contribution in [0.5, 0.6) is 17.2 Å². The molecule has 2 rings (SSSR count). The van der Waals surface area contributed by atoms with Crippen LogP contribution in [0.25, 0.3) is 0 Å². The highest BCUT2D eigenvalue weighted by atomic mass is 79.9. The fourth-order valence-corrected chi connectivity index (χ4v) is 2.40. The van der Waals surface area contributed by atoms with Gasteiger partial charge in [0.2, 0.25) is 5.75 Å². The number of ether oxygens (including phenoxy) is 3. The van der Waals surface area contributed by atoms with Crippen molar-refractivity contribution in [3.63, 3.8) is 0 Å².